The standard InChI is InChI=1S/C53H97NO5/c1-4-7-10-13-16-19-22-25-26-28-30-33-36-39-42-45-51(56)50(48-55)54-52(57)47-49(44-41-38-35-32-29-24-21-18-15-12-9-6-3)59-53(58)46-43-40-37-34-31-27-23-20-17-14-11-8-5-2/h8,11,14,17,20,23,27,31,49-51,55-56H,4-7,9-10,12-13,15-16,18-19,21-22,24-26,28-30,32-48H2,1-3H3,(H,54,57)/b11-8+,17-14+,23-20-,31-27-. The molecule has 0 fully saturated rings. The minimum Gasteiger partial charge on any atom is -0.462 e. The summed E-state index contributed by atoms with van der Waals surface area (Å²) in [6, 6.07) is -0.707. The third-order valence-corrected chi connectivity index (χ3v) is 11.5. The van der Waals surface area contributed by atoms with Crippen molar-refractivity contribution in [2.45, 2.75) is 270 Å². The number of allylic oxidation sites excluding steroid dienone is 8. The molecule has 0 radical (unpaired) electrons. The molecule has 0 bridgehead atoms. The molecular formula is C53H97NO5. The summed E-state index contributed by atoms with van der Waals surface area (Å²) in [5.41, 5.74) is 0. The van der Waals surface area contributed by atoms with Gasteiger partial charge in [-0.15, -0.1) is 0 Å². The maximum absolute atomic E-state index is 13.2. The molecule has 0 heterocycles. The third-order valence-electron chi connectivity index (χ3n) is 11.5. The SMILES string of the molecule is CC/C=C/C=C/C=C\C=C/CCCCCC(=O)OC(CCCCCCCCCCCCCC)CC(=O)NC(CO)C(O)CCCCCCCCCCCCCCCCC. The smallest absolute Gasteiger partial charge is 0.306 e. The molecule has 6 heteroatoms. The summed E-state index contributed by atoms with van der Waals surface area (Å²) in [7, 11) is 0. The molecule has 3 unspecified atom stereocenters. The molecule has 0 aromatic heterocycles. The van der Waals surface area contributed by atoms with Gasteiger partial charge in [-0.2, -0.15) is 0 Å². The number of aliphatic hydroxyl groups is 2. The van der Waals surface area contributed by atoms with E-state index < -0.39 is 18.2 Å². The molecule has 0 aliphatic carbocycles. The van der Waals surface area contributed by atoms with Crippen LogP contribution in [0, 0.1) is 0 Å². The molecule has 0 rings (SSSR count). The second kappa shape index (κ2) is 46.9. The minimum absolute atomic E-state index is 0.0638. The summed E-state index contributed by atoms with van der Waals surface area (Å²) in [4.78, 5) is 26.1. The van der Waals surface area contributed by atoms with E-state index in [2.05, 4.69) is 50.4 Å². The fourth-order valence-electron chi connectivity index (χ4n) is 7.68. The second-order valence-corrected chi connectivity index (χ2v) is 17.3. The monoisotopic (exact) mass is 828 g/mol. The van der Waals surface area contributed by atoms with E-state index in [0.29, 0.717) is 19.3 Å². The average molecular weight is 828 g/mol. The van der Waals surface area contributed by atoms with E-state index in [1.54, 1.807) is 0 Å². The molecule has 59 heavy (non-hydrogen) atoms. The second-order valence-electron chi connectivity index (χ2n) is 17.3. The van der Waals surface area contributed by atoms with Crippen LogP contribution in [0.5, 0.6) is 0 Å². The van der Waals surface area contributed by atoms with Crippen molar-refractivity contribution < 1.29 is 24.5 Å². The number of amides is 1. The quantitative estimate of drug-likeness (QED) is 0.0323. The van der Waals surface area contributed by atoms with Gasteiger partial charge in [0, 0.05) is 6.42 Å². The Balaban J connectivity index is 4.57. The Morgan fingerprint density at radius 1 is 0.508 bits per heavy atom. The van der Waals surface area contributed by atoms with Crippen LogP contribution in [0.2, 0.25) is 0 Å². The van der Waals surface area contributed by atoms with E-state index in [1.165, 1.54) is 135 Å². The van der Waals surface area contributed by atoms with Gasteiger partial charge in [0.2, 0.25) is 5.91 Å². The summed E-state index contributed by atoms with van der Waals surface area (Å²) in [5.74, 6) is -0.513. The molecular weight excluding hydrogens is 731 g/mol. The van der Waals surface area contributed by atoms with E-state index >= 15 is 0 Å². The Hall–Kier alpha value is -2.18. The number of rotatable bonds is 45. The highest BCUT2D eigenvalue weighted by molar-refractivity contribution is 5.77. The number of esters is 1. The van der Waals surface area contributed by atoms with Crippen molar-refractivity contribution in [1.82, 2.24) is 5.32 Å². The number of aliphatic hydroxyl groups excluding tert-OH is 2. The number of hydrogen-bond acceptors (Lipinski definition) is 5. The van der Waals surface area contributed by atoms with Crippen LogP contribution >= 0.6 is 0 Å². The molecule has 0 aromatic rings. The van der Waals surface area contributed by atoms with Gasteiger partial charge in [-0.25, -0.2) is 0 Å². The van der Waals surface area contributed by atoms with Gasteiger partial charge < -0.3 is 20.3 Å². The zero-order valence-electron chi connectivity index (χ0n) is 39.1. The molecule has 0 aliphatic heterocycles. The fraction of sp³-hybridized carbons (Fsp3) is 0.811. The zero-order valence-corrected chi connectivity index (χ0v) is 39.1. The summed E-state index contributed by atoms with van der Waals surface area (Å²) >= 11 is 0. The van der Waals surface area contributed by atoms with E-state index in [1.807, 2.05) is 24.3 Å². The highest BCUT2D eigenvalue weighted by Gasteiger charge is 2.24. The van der Waals surface area contributed by atoms with Crippen LogP contribution < -0.4 is 5.32 Å². The van der Waals surface area contributed by atoms with Crippen molar-refractivity contribution in [2.75, 3.05) is 6.61 Å². The first-order valence-corrected chi connectivity index (χ1v) is 25.4. The highest BCUT2D eigenvalue weighted by atomic mass is 16.5. The van der Waals surface area contributed by atoms with Crippen molar-refractivity contribution in [1.29, 1.82) is 0 Å². The fourth-order valence-corrected chi connectivity index (χ4v) is 7.68. The first-order chi connectivity index (χ1) is 29.0. The van der Waals surface area contributed by atoms with E-state index in [9.17, 15) is 19.8 Å². The molecule has 3 atom stereocenters. The molecule has 3 N–H and O–H groups in total. The van der Waals surface area contributed by atoms with Crippen molar-refractivity contribution in [3.05, 3.63) is 48.6 Å². The first-order valence-electron chi connectivity index (χ1n) is 25.4. The predicted molar refractivity (Wildman–Crippen MR) is 255 cm³/mol. The summed E-state index contributed by atoms with van der Waals surface area (Å²) in [6.07, 6.45) is 56.0. The van der Waals surface area contributed by atoms with Gasteiger partial charge in [0.1, 0.15) is 6.10 Å². The van der Waals surface area contributed by atoms with Crippen LogP contribution in [-0.4, -0.2) is 46.9 Å². The van der Waals surface area contributed by atoms with E-state index in [4.69, 9.17) is 4.74 Å². The number of carbonyl (C=O) groups is 2. The largest absolute Gasteiger partial charge is 0.462 e. The van der Waals surface area contributed by atoms with Gasteiger partial charge in [-0.05, 0) is 44.9 Å². The van der Waals surface area contributed by atoms with Crippen LogP contribution in [0.25, 0.3) is 0 Å². The Morgan fingerprint density at radius 3 is 1.37 bits per heavy atom. The van der Waals surface area contributed by atoms with Crippen LogP contribution in [0.1, 0.15) is 252 Å². The molecule has 0 spiro atoms. The van der Waals surface area contributed by atoms with Gasteiger partial charge in [-0.1, -0.05) is 243 Å². The summed E-state index contributed by atoms with van der Waals surface area (Å²) in [6.45, 7) is 6.34. The number of hydrogen-bond donors (Lipinski definition) is 3. The van der Waals surface area contributed by atoms with Crippen LogP contribution in [-0.2, 0) is 14.3 Å². The number of carbonyl (C=O) groups excluding carboxylic acids is 2. The summed E-state index contributed by atoms with van der Waals surface area (Å²) < 4.78 is 5.91. The molecule has 344 valence electrons. The lowest BCUT2D eigenvalue weighted by Gasteiger charge is -2.24. The topological polar surface area (TPSA) is 95.9 Å². The Labute approximate surface area is 366 Å². The lowest BCUT2D eigenvalue weighted by Crippen LogP contribution is -2.46. The Bertz CT molecular complexity index is 1020. The minimum atomic E-state index is -0.793. The highest BCUT2D eigenvalue weighted by Crippen LogP contribution is 2.18. The zero-order chi connectivity index (χ0) is 43.1. The molecule has 0 aliphatic rings. The van der Waals surface area contributed by atoms with Crippen molar-refractivity contribution in [3.8, 4) is 0 Å². The first kappa shape index (κ1) is 56.8. The third kappa shape index (κ3) is 42.3. The van der Waals surface area contributed by atoms with E-state index in [-0.39, 0.29) is 24.9 Å². The molecule has 0 aromatic carbocycles. The molecule has 0 saturated carbocycles. The van der Waals surface area contributed by atoms with Gasteiger partial charge >= 0.3 is 5.97 Å². The van der Waals surface area contributed by atoms with E-state index in [0.717, 1.165) is 70.6 Å². The normalized spacial score (nSPS) is 13.6. The summed E-state index contributed by atoms with van der Waals surface area (Å²) in [5, 5.41) is 23.8. The van der Waals surface area contributed by atoms with Gasteiger partial charge in [0.25, 0.3) is 0 Å². The number of nitrogens with one attached hydrogen (secondary N) is 1. The molecule has 0 saturated heterocycles. The Kier molecular flexibility index (Phi) is 45.1. The lowest BCUT2D eigenvalue weighted by molar-refractivity contribution is -0.151. The Morgan fingerprint density at radius 2 is 0.915 bits per heavy atom. The maximum atomic E-state index is 13.2. The van der Waals surface area contributed by atoms with Crippen molar-refractivity contribution in [3.63, 3.8) is 0 Å². The van der Waals surface area contributed by atoms with Crippen LogP contribution in [0.3, 0.4) is 0 Å². The number of unbranched alkanes of at least 4 members (excludes halogenated alkanes) is 28. The molecule has 6 nitrogen and oxygen atoms in total. The molecule has 1 amide bonds. The van der Waals surface area contributed by atoms with Gasteiger partial charge in [0.05, 0.1) is 25.2 Å². The average Bonchev–Trinajstić information content (AvgIpc) is 3.23. The maximum Gasteiger partial charge on any atom is 0.306 e. The lowest BCUT2D eigenvalue weighted by atomic mass is 10.0. The van der Waals surface area contributed by atoms with Crippen molar-refractivity contribution >= 4 is 11.9 Å². The van der Waals surface area contributed by atoms with Gasteiger partial charge in [0.15, 0.2) is 0 Å². The number of ether oxygens (including phenoxy) is 1. The van der Waals surface area contributed by atoms with Crippen LogP contribution in [0.4, 0.5) is 0 Å². The van der Waals surface area contributed by atoms with Crippen molar-refractivity contribution in [2.24, 2.45) is 0 Å². The van der Waals surface area contributed by atoms with Gasteiger partial charge in [-0.3, -0.25) is 9.59 Å². The predicted octanol–water partition coefficient (Wildman–Crippen LogP) is 15.1. The van der Waals surface area contributed by atoms with Crippen LogP contribution in [0.15, 0.2) is 48.6 Å².